The van der Waals surface area contributed by atoms with Crippen molar-refractivity contribution in [3.8, 4) is 0 Å². The second-order valence-corrected chi connectivity index (χ2v) is 27.2. The van der Waals surface area contributed by atoms with Gasteiger partial charge in [-0.3, -0.25) is 10.1 Å². The summed E-state index contributed by atoms with van der Waals surface area (Å²) in [4.78, 5) is 12.7. The van der Waals surface area contributed by atoms with Crippen LogP contribution in [0.2, 0.25) is 0 Å². The van der Waals surface area contributed by atoms with Crippen LogP contribution in [0, 0.1) is 52.3 Å². The highest BCUT2D eigenvalue weighted by Crippen LogP contribution is 2.71. The molecule has 0 bridgehead atoms. The Balaban J connectivity index is 0.721. The van der Waals surface area contributed by atoms with Crippen LogP contribution in [0.15, 0.2) is 12.0 Å². The molecule has 17 N–H and O–H groups in total. The molecule has 11 aliphatic rings. The molecule has 0 amide bonds. The summed E-state index contributed by atoms with van der Waals surface area (Å²) in [5.41, 5.74) is -1.09. The quantitative estimate of drug-likeness (QED) is 0.0507. The molecule has 11 rings (SSSR count). The van der Waals surface area contributed by atoms with Gasteiger partial charge in [0.25, 0.3) is 0 Å². The second kappa shape index (κ2) is 26.5. The van der Waals surface area contributed by atoms with E-state index in [9.17, 15) is 86.5 Å². The molecule has 6 saturated heterocycles. The molecule has 7 aliphatic heterocycles. The lowest BCUT2D eigenvalue weighted by Crippen LogP contribution is -2.68. The van der Waals surface area contributed by atoms with Crippen molar-refractivity contribution in [3.05, 3.63) is 12.0 Å². The van der Waals surface area contributed by atoms with Crippen LogP contribution in [-0.4, -0.2) is 293 Å². The van der Waals surface area contributed by atoms with Crippen molar-refractivity contribution in [3.63, 3.8) is 0 Å². The van der Waals surface area contributed by atoms with Gasteiger partial charge in [0.1, 0.15) is 122 Å². The van der Waals surface area contributed by atoms with Crippen LogP contribution in [-0.2, 0) is 61.6 Å². The first kappa shape index (κ1) is 67.2. The van der Waals surface area contributed by atoms with Crippen molar-refractivity contribution in [2.24, 2.45) is 52.3 Å². The lowest BCUT2D eigenvalue weighted by atomic mass is 9.44. The van der Waals surface area contributed by atoms with Gasteiger partial charge in [-0.2, -0.15) is 0 Å². The van der Waals surface area contributed by atoms with Gasteiger partial charge in [0.15, 0.2) is 36.6 Å². The fourth-order valence-electron chi connectivity index (χ4n) is 17.8. The molecule has 0 aromatic carbocycles. The van der Waals surface area contributed by atoms with Crippen molar-refractivity contribution >= 4 is 5.97 Å². The Morgan fingerprint density at radius 3 is 1.82 bits per heavy atom. The number of esters is 1. The predicted molar refractivity (Wildman–Crippen MR) is 289 cm³/mol. The van der Waals surface area contributed by atoms with Crippen molar-refractivity contribution in [2.45, 2.75) is 251 Å². The standard InChI is InChI=1S/C58H93NO29/c1-21-36-30(88-58(21)35(79-22(2)64)11-23(14-59-58)19-77-51-44(73)40(69)38(67)31(15-60)81-51)13-28-26-6-5-24-12-25(7-9-56(24,3)27(26)8-10-57(28,36)4)80-53-46(75)42(71)48(33(17-62)83-53)86-55-50(87-54-45(74)41(70)39(68)32(16-61)82-54)47(76)49(34(18-63)84-55)85-52-43(72)37(66)29(65)20-78-52/h20-21,23-28,30-55,59-63,65-76H,5-19H2,1-4H3. The zero-order valence-corrected chi connectivity index (χ0v) is 49.7. The highest BCUT2D eigenvalue weighted by Gasteiger charge is 2.71. The average molecular weight is 1270 g/mol. The molecule has 10 fully saturated rings. The maximum Gasteiger partial charge on any atom is 0.303 e. The van der Waals surface area contributed by atoms with Gasteiger partial charge in [0.05, 0.1) is 45.2 Å². The molecule has 0 aromatic rings. The van der Waals surface area contributed by atoms with E-state index in [-0.39, 0.29) is 47.2 Å². The van der Waals surface area contributed by atoms with E-state index >= 15 is 0 Å². The molecule has 0 radical (unpaired) electrons. The molecule has 88 heavy (non-hydrogen) atoms. The third-order valence-corrected chi connectivity index (χ3v) is 22.5. The smallest absolute Gasteiger partial charge is 0.303 e. The summed E-state index contributed by atoms with van der Waals surface area (Å²) < 4.78 is 72.2. The number of aliphatic hydroxyl groups is 16. The maximum atomic E-state index is 12.7. The Morgan fingerprint density at radius 2 is 1.16 bits per heavy atom. The van der Waals surface area contributed by atoms with Crippen molar-refractivity contribution in [1.82, 2.24) is 5.32 Å². The molecule has 1 spiro atoms. The first-order valence-corrected chi connectivity index (χ1v) is 31.2. The third kappa shape index (κ3) is 11.9. The van der Waals surface area contributed by atoms with E-state index in [1.54, 1.807) is 0 Å². The van der Waals surface area contributed by atoms with Gasteiger partial charge in [-0.05, 0) is 104 Å². The van der Waals surface area contributed by atoms with Crippen LogP contribution in [0.1, 0.15) is 85.5 Å². The van der Waals surface area contributed by atoms with Gasteiger partial charge >= 0.3 is 5.97 Å². The minimum Gasteiger partial charge on any atom is -0.506 e. The number of ether oxygens (including phenoxy) is 12. The number of fused-ring (bicyclic) bond motifs is 7. The number of hydrogen-bond donors (Lipinski definition) is 17. The summed E-state index contributed by atoms with van der Waals surface area (Å²) in [6, 6.07) is 0. The number of hydrogen-bond acceptors (Lipinski definition) is 30. The summed E-state index contributed by atoms with van der Waals surface area (Å²) in [7, 11) is 0. The maximum absolute atomic E-state index is 12.7. The van der Waals surface area contributed by atoms with Crippen molar-refractivity contribution < 1.29 is 143 Å². The third-order valence-electron chi connectivity index (χ3n) is 22.5. The molecule has 0 aromatic heterocycles. The van der Waals surface area contributed by atoms with E-state index in [4.69, 9.17) is 56.8 Å². The summed E-state index contributed by atoms with van der Waals surface area (Å²) >= 11 is 0. The number of nitrogens with one attached hydrogen (secondary N) is 1. The molecule has 36 unspecified atom stereocenters. The van der Waals surface area contributed by atoms with Crippen molar-refractivity contribution in [2.75, 3.05) is 39.6 Å². The molecular weight excluding hydrogens is 1170 g/mol. The van der Waals surface area contributed by atoms with Gasteiger partial charge in [0.2, 0.25) is 6.29 Å². The summed E-state index contributed by atoms with van der Waals surface area (Å²) in [5, 5.41) is 174. The normalized spacial score (nSPS) is 54.5. The molecule has 4 saturated carbocycles. The molecule has 36 atom stereocenters. The van der Waals surface area contributed by atoms with E-state index in [2.05, 4.69) is 26.1 Å². The van der Waals surface area contributed by atoms with Crippen LogP contribution in [0.5, 0.6) is 0 Å². The number of aliphatic hydroxyl groups excluding tert-OH is 16. The van der Waals surface area contributed by atoms with E-state index in [1.165, 1.54) is 6.92 Å². The minimum absolute atomic E-state index is 0.0499. The first-order valence-electron chi connectivity index (χ1n) is 31.2. The zero-order chi connectivity index (χ0) is 63.2. The molecule has 30 heteroatoms. The Hall–Kier alpha value is -2.23. The monoisotopic (exact) mass is 1270 g/mol. The van der Waals surface area contributed by atoms with Crippen LogP contribution in [0.4, 0.5) is 0 Å². The van der Waals surface area contributed by atoms with E-state index in [0.717, 1.165) is 38.5 Å². The fourth-order valence-corrected chi connectivity index (χ4v) is 17.8. The highest BCUT2D eigenvalue weighted by molar-refractivity contribution is 5.66. The summed E-state index contributed by atoms with van der Waals surface area (Å²) in [5.74, 6) is 0.145. The van der Waals surface area contributed by atoms with Crippen LogP contribution < -0.4 is 5.32 Å². The number of piperidine rings is 1. The van der Waals surface area contributed by atoms with E-state index < -0.39 is 197 Å². The topological polar surface area (TPSA) is 464 Å². The van der Waals surface area contributed by atoms with E-state index in [0.29, 0.717) is 49.8 Å². The second-order valence-electron chi connectivity index (χ2n) is 27.2. The Bertz CT molecular complexity index is 2400. The lowest BCUT2D eigenvalue weighted by molar-refractivity contribution is -0.398. The average Bonchev–Trinajstić information content (AvgIpc) is 1.50. The minimum atomic E-state index is -2.04. The molecule has 30 nitrogen and oxygen atoms in total. The zero-order valence-electron chi connectivity index (χ0n) is 49.7. The Kier molecular flexibility index (Phi) is 20.3. The number of rotatable bonds is 16. The van der Waals surface area contributed by atoms with Crippen molar-refractivity contribution in [1.29, 1.82) is 0 Å². The highest BCUT2D eigenvalue weighted by atomic mass is 16.8. The SMILES string of the molecule is CC(=O)OC1CC(COC2OC(CO)C(O)C(O)C2O)CNC12OC1CC3C4CCC5CC(OC6OC(CO)C(OC7OC(CO)C(OC8OC=C(O)C(O)C8O)C(O)C7OC7OC(CO)C(O)C(O)C7O)C(O)C6O)CCC5(C)C4CCC3(C)C1C2C. The molecule has 504 valence electrons. The molecule has 7 heterocycles. The van der Waals surface area contributed by atoms with Gasteiger partial charge in [-0.25, -0.2) is 0 Å². The fraction of sp³-hybridized carbons (Fsp3) is 0.948. The van der Waals surface area contributed by atoms with Gasteiger partial charge in [0, 0.05) is 19.4 Å². The van der Waals surface area contributed by atoms with Gasteiger partial charge in [-0.15, -0.1) is 0 Å². The van der Waals surface area contributed by atoms with Crippen LogP contribution in [0.3, 0.4) is 0 Å². The summed E-state index contributed by atoms with van der Waals surface area (Å²) in [6.07, 6.45) is -32.7. The van der Waals surface area contributed by atoms with Gasteiger partial charge in [-0.1, -0.05) is 20.8 Å². The predicted octanol–water partition coefficient (Wildman–Crippen LogP) is -5.32. The van der Waals surface area contributed by atoms with Gasteiger partial charge < -0.3 is 139 Å². The molecule has 4 aliphatic carbocycles. The van der Waals surface area contributed by atoms with E-state index in [1.807, 2.05) is 0 Å². The summed E-state index contributed by atoms with van der Waals surface area (Å²) in [6.45, 7) is 5.69. The Morgan fingerprint density at radius 1 is 0.591 bits per heavy atom. The van der Waals surface area contributed by atoms with Crippen LogP contribution >= 0.6 is 0 Å². The largest absolute Gasteiger partial charge is 0.506 e. The molecular formula is C58H93NO29. The number of carbonyl (C=O) groups is 1. The first-order chi connectivity index (χ1) is 41.8. The van der Waals surface area contributed by atoms with Crippen LogP contribution in [0.25, 0.3) is 0 Å². The Labute approximate surface area is 508 Å². The number of carbonyl (C=O) groups excluding carboxylic acids is 1. The lowest BCUT2D eigenvalue weighted by Gasteiger charge is -2.61.